The molecular weight excluding hydrogens is 210 g/mol. The maximum Gasteiger partial charge on any atom is 0.360 e. The molecule has 16 heavy (non-hydrogen) atoms. The van der Waals surface area contributed by atoms with E-state index in [4.69, 9.17) is 9.47 Å². The van der Waals surface area contributed by atoms with Gasteiger partial charge in [0.15, 0.2) is 0 Å². The molecule has 1 fully saturated rings. The fourth-order valence-corrected chi connectivity index (χ4v) is 2.02. The summed E-state index contributed by atoms with van der Waals surface area (Å²) in [4.78, 5) is 24.8. The molecule has 1 heterocycles. The SMILES string of the molecule is CCCOC(=O)[C@]1(OC)CCCN1C(C)=O. The van der Waals surface area contributed by atoms with Gasteiger partial charge in [0.1, 0.15) is 0 Å². The molecule has 0 radical (unpaired) electrons. The maximum atomic E-state index is 11.9. The standard InChI is InChI=1S/C11H19NO4/c1-4-8-16-10(14)11(15-3)6-5-7-12(11)9(2)13/h4-8H2,1-3H3/t11-/m1/s1. The van der Waals surface area contributed by atoms with Gasteiger partial charge in [0.2, 0.25) is 11.6 Å². The van der Waals surface area contributed by atoms with Gasteiger partial charge in [-0.15, -0.1) is 0 Å². The molecule has 1 amide bonds. The van der Waals surface area contributed by atoms with Crippen LogP contribution < -0.4 is 0 Å². The zero-order chi connectivity index (χ0) is 12.2. The number of likely N-dealkylation sites (tertiary alicyclic amines) is 1. The lowest BCUT2D eigenvalue weighted by Gasteiger charge is -2.33. The summed E-state index contributed by atoms with van der Waals surface area (Å²) in [5, 5.41) is 0. The van der Waals surface area contributed by atoms with E-state index < -0.39 is 11.7 Å². The molecule has 1 rings (SSSR count). The van der Waals surface area contributed by atoms with Crippen LogP contribution in [0.3, 0.4) is 0 Å². The van der Waals surface area contributed by atoms with Crippen LogP contribution >= 0.6 is 0 Å². The molecule has 0 aromatic carbocycles. The Morgan fingerprint density at radius 1 is 1.44 bits per heavy atom. The van der Waals surface area contributed by atoms with Crippen LogP contribution in [0.2, 0.25) is 0 Å². The smallest absolute Gasteiger partial charge is 0.360 e. The van der Waals surface area contributed by atoms with Crippen molar-refractivity contribution < 1.29 is 19.1 Å². The van der Waals surface area contributed by atoms with Gasteiger partial charge in [-0.3, -0.25) is 4.79 Å². The normalized spacial score (nSPS) is 24.6. The van der Waals surface area contributed by atoms with E-state index in [-0.39, 0.29) is 5.91 Å². The van der Waals surface area contributed by atoms with E-state index in [1.165, 1.54) is 18.9 Å². The molecule has 0 N–H and O–H groups in total. The average Bonchev–Trinajstić information content (AvgIpc) is 2.70. The highest BCUT2D eigenvalue weighted by atomic mass is 16.6. The Morgan fingerprint density at radius 3 is 2.62 bits per heavy atom. The summed E-state index contributed by atoms with van der Waals surface area (Å²) < 4.78 is 10.4. The Morgan fingerprint density at radius 2 is 2.12 bits per heavy atom. The first-order chi connectivity index (χ1) is 7.58. The summed E-state index contributed by atoms with van der Waals surface area (Å²) >= 11 is 0. The van der Waals surface area contributed by atoms with Gasteiger partial charge in [0.25, 0.3) is 0 Å². The number of carbonyl (C=O) groups is 2. The van der Waals surface area contributed by atoms with Crippen LogP contribution in [-0.4, -0.2) is 42.8 Å². The van der Waals surface area contributed by atoms with Crippen molar-refractivity contribution in [3.8, 4) is 0 Å². The molecule has 0 saturated carbocycles. The molecule has 1 saturated heterocycles. The molecule has 5 heteroatoms. The van der Waals surface area contributed by atoms with Crippen LogP contribution in [0.25, 0.3) is 0 Å². The third-order valence-corrected chi connectivity index (χ3v) is 2.81. The summed E-state index contributed by atoms with van der Waals surface area (Å²) in [6.45, 7) is 4.26. The molecule has 1 aliphatic heterocycles. The van der Waals surface area contributed by atoms with Crippen molar-refractivity contribution in [1.82, 2.24) is 4.90 Å². The molecule has 0 bridgehead atoms. The van der Waals surface area contributed by atoms with E-state index in [2.05, 4.69) is 0 Å². The Bertz CT molecular complexity index is 279. The monoisotopic (exact) mass is 229 g/mol. The molecule has 0 aromatic heterocycles. The largest absolute Gasteiger partial charge is 0.462 e. The predicted octanol–water partition coefficient (Wildman–Crippen LogP) is 0.925. The van der Waals surface area contributed by atoms with Crippen molar-refractivity contribution >= 4 is 11.9 Å². The summed E-state index contributed by atoms with van der Waals surface area (Å²) in [7, 11) is 1.44. The Hall–Kier alpha value is -1.10. The molecule has 0 unspecified atom stereocenters. The van der Waals surface area contributed by atoms with Crippen molar-refractivity contribution in [3.63, 3.8) is 0 Å². The lowest BCUT2D eigenvalue weighted by Crippen LogP contribution is -2.54. The van der Waals surface area contributed by atoms with E-state index >= 15 is 0 Å². The molecule has 1 aliphatic rings. The first-order valence-electron chi connectivity index (χ1n) is 5.59. The molecule has 0 aliphatic carbocycles. The Balaban J connectivity index is 2.82. The quantitative estimate of drug-likeness (QED) is 0.673. The minimum Gasteiger partial charge on any atom is -0.462 e. The van der Waals surface area contributed by atoms with Gasteiger partial charge in [0, 0.05) is 27.0 Å². The van der Waals surface area contributed by atoms with Gasteiger partial charge in [-0.1, -0.05) is 6.92 Å². The average molecular weight is 229 g/mol. The van der Waals surface area contributed by atoms with Gasteiger partial charge in [-0.25, -0.2) is 4.79 Å². The van der Waals surface area contributed by atoms with Crippen molar-refractivity contribution in [3.05, 3.63) is 0 Å². The van der Waals surface area contributed by atoms with Gasteiger partial charge < -0.3 is 14.4 Å². The third kappa shape index (κ3) is 2.19. The van der Waals surface area contributed by atoms with Gasteiger partial charge in [-0.2, -0.15) is 0 Å². The van der Waals surface area contributed by atoms with E-state index in [1.54, 1.807) is 0 Å². The number of carbonyl (C=O) groups excluding carboxylic acids is 2. The summed E-state index contributed by atoms with van der Waals surface area (Å²) in [6.07, 6.45) is 2.02. The molecule has 92 valence electrons. The maximum absolute atomic E-state index is 11.9. The lowest BCUT2D eigenvalue weighted by atomic mass is 10.1. The van der Waals surface area contributed by atoms with Crippen molar-refractivity contribution in [2.45, 2.75) is 38.8 Å². The molecule has 5 nitrogen and oxygen atoms in total. The van der Waals surface area contributed by atoms with Crippen molar-refractivity contribution in [2.75, 3.05) is 20.3 Å². The highest BCUT2D eigenvalue weighted by Gasteiger charge is 2.50. The van der Waals surface area contributed by atoms with E-state index in [0.29, 0.717) is 19.6 Å². The highest BCUT2D eigenvalue weighted by molar-refractivity contribution is 5.86. The lowest BCUT2D eigenvalue weighted by molar-refractivity contribution is -0.193. The summed E-state index contributed by atoms with van der Waals surface area (Å²) in [5.74, 6) is -0.614. The molecule has 1 atom stereocenters. The van der Waals surface area contributed by atoms with E-state index in [1.807, 2.05) is 6.92 Å². The summed E-state index contributed by atoms with van der Waals surface area (Å²) in [6, 6.07) is 0. The van der Waals surface area contributed by atoms with Crippen LogP contribution in [0, 0.1) is 0 Å². The second kappa shape index (κ2) is 5.30. The minimum absolute atomic E-state index is 0.159. The number of hydrogen-bond acceptors (Lipinski definition) is 4. The fraction of sp³-hybridized carbons (Fsp3) is 0.818. The van der Waals surface area contributed by atoms with Crippen LogP contribution in [0.5, 0.6) is 0 Å². The van der Waals surface area contributed by atoms with Gasteiger partial charge in [0.05, 0.1) is 6.61 Å². The highest BCUT2D eigenvalue weighted by Crippen LogP contribution is 2.31. The predicted molar refractivity (Wildman–Crippen MR) is 57.6 cm³/mol. The van der Waals surface area contributed by atoms with Gasteiger partial charge >= 0.3 is 5.97 Å². The van der Waals surface area contributed by atoms with Crippen LogP contribution in [-0.2, 0) is 19.1 Å². The second-order valence-corrected chi connectivity index (χ2v) is 3.90. The van der Waals surface area contributed by atoms with Crippen molar-refractivity contribution in [2.24, 2.45) is 0 Å². The Kier molecular flexibility index (Phi) is 4.29. The van der Waals surface area contributed by atoms with Crippen molar-refractivity contribution in [1.29, 1.82) is 0 Å². The number of methoxy groups -OCH3 is 1. The minimum atomic E-state index is -1.19. The number of hydrogen-bond donors (Lipinski definition) is 0. The zero-order valence-electron chi connectivity index (χ0n) is 10.1. The van der Waals surface area contributed by atoms with Crippen LogP contribution in [0.4, 0.5) is 0 Å². The first-order valence-corrected chi connectivity index (χ1v) is 5.59. The van der Waals surface area contributed by atoms with Crippen LogP contribution in [0.1, 0.15) is 33.1 Å². The zero-order valence-corrected chi connectivity index (χ0v) is 10.1. The third-order valence-electron chi connectivity index (χ3n) is 2.81. The summed E-state index contributed by atoms with van der Waals surface area (Å²) in [5.41, 5.74) is -1.19. The molecular formula is C11H19NO4. The van der Waals surface area contributed by atoms with E-state index in [0.717, 1.165) is 12.8 Å². The fourth-order valence-electron chi connectivity index (χ4n) is 2.02. The van der Waals surface area contributed by atoms with E-state index in [9.17, 15) is 9.59 Å². The topological polar surface area (TPSA) is 55.8 Å². The number of nitrogens with zero attached hydrogens (tertiary/aromatic N) is 1. The van der Waals surface area contributed by atoms with Gasteiger partial charge in [-0.05, 0) is 12.8 Å². The van der Waals surface area contributed by atoms with Crippen LogP contribution in [0.15, 0.2) is 0 Å². The first kappa shape index (κ1) is 13.0. The molecule has 0 aromatic rings. The Labute approximate surface area is 95.7 Å². The number of esters is 1. The number of ether oxygens (including phenoxy) is 2. The number of rotatable bonds is 4. The second-order valence-electron chi connectivity index (χ2n) is 3.90. The number of amides is 1. The molecule has 0 spiro atoms.